The molecule has 0 bridgehead atoms. The first-order valence-corrected chi connectivity index (χ1v) is 5.95. The number of H-pyrrole nitrogens is 1. The maximum absolute atomic E-state index is 11.1. The van der Waals surface area contributed by atoms with Gasteiger partial charge in [0.1, 0.15) is 5.02 Å². The van der Waals surface area contributed by atoms with Gasteiger partial charge in [-0.25, -0.2) is 5.10 Å². The largest absolute Gasteiger partial charge is 0.377 e. The molecule has 0 aromatic carbocycles. The first-order chi connectivity index (χ1) is 7.66. The average Bonchev–Trinajstić information content (AvgIpc) is 2.67. The van der Waals surface area contributed by atoms with E-state index in [9.17, 15) is 4.79 Å². The Labute approximate surface area is 105 Å². The first-order valence-electron chi connectivity index (χ1n) is 4.38. The predicted octanol–water partition coefficient (Wildman–Crippen LogP) is 2.75. The van der Waals surface area contributed by atoms with Gasteiger partial charge < -0.3 is 5.32 Å². The summed E-state index contributed by atoms with van der Waals surface area (Å²) in [6.45, 7) is 0.558. The third-order valence-corrected chi connectivity index (χ3v) is 3.48. The summed E-state index contributed by atoms with van der Waals surface area (Å²) in [7, 11) is 0. The van der Waals surface area contributed by atoms with Crippen LogP contribution in [0.2, 0.25) is 9.36 Å². The zero-order valence-electron chi connectivity index (χ0n) is 7.96. The van der Waals surface area contributed by atoms with Gasteiger partial charge in [0.05, 0.1) is 16.2 Å². The van der Waals surface area contributed by atoms with Crippen molar-refractivity contribution in [1.82, 2.24) is 10.2 Å². The lowest BCUT2D eigenvalue weighted by Crippen LogP contribution is -2.11. The zero-order valence-corrected chi connectivity index (χ0v) is 10.3. The molecule has 7 heteroatoms. The minimum absolute atomic E-state index is 0.109. The monoisotopic (exact) mass is 275 g/mol. The van der Waals surface area contributed by atoms with Gasteiger partial charge in [0, 0.05) is 11.4 Å². The number of hydrogen-bond acceptors (Lipinski definition) is 4. The summed E-state index contributed by atoms with van der Waals surface area (Å²) in [6, 6.07) is 3.73. The number of anilines is 1. The SMILES string of the molecule is O=c1[nH]ncc(NCc2ccc(Cl)s2)c1Cl. The summed E-state index contributed by atoms with van der Waals surface area (Å²) in [5.41, 5.74) is 0.103. The van der Waals surface area contributed by atoms with Crippen LogP contribution >= 0.6 is 34.5 Å². The Morgan fingerprint density at radius 1 is 1.44 bits per heavy atom. The van der Waals surface area contributed by atoms with E-state index in [1.54, 1.807) is 0 Å². The molecule has 0 aliphatic carbocycles. The van der Waals surface area contributed by atoms with E-state index in [0.29, 0.717) is 12.2 Å². The van der Waals surface area contributed by atoms with Crippen LogP contribution in [0.5, 0.6) is 0 Å². The van der Waals surface area contributed by atoms with Crippen LogP contribution in [0.3, 0.4) is 0 Å². The molecule has 0 unspecified atom stereocenters. The summed E-state index contributed by atoms with van der Waals surface area (Å²) in [6.07, 6.45) is 1.47. The molecular weight excluding hydrogens is 269 g/mol. The third kappa shape index (κ3) is 2.55. The van der Waals surface area contributed by atoms with Gasteiger partial charge in [-0.15, -0.1) is 11.3 Å². The van der Waals surface area contributed by atoms with Crippen LogP contribution in [0.4, 0.5) is 5.69 Å². The highest BCUT2D eigenvalue weighted by atomic mass is 35.5. The van der Waals surface area contributed by atoms with E-state index in [1.165, 1.54) is 17.5 Å². The average molecular weight is 276 g/mol. The Morgan fingerprint density at radius 3 is 2.94 bits per heavy atom. The van der Waals surface area contributed by atoms with Crippen LogP contribution in [-0.4, -0.2) is 10.2 Å². The topological polar surface area (TPSA) is 57.8 Å². The smallest absolute Gasteiger partial charge is 0.285 e. The van der Waals surface area contributed by atoms with E-state index in [1.807, 2.05) is 12.1 Å². The van der Waals surface area contributed by atoms with Gasteiger partial charge in [0.25, 0.3) is 5.56 Å². The molecule has 84 valence electrons. The van der Waals surface area contributed by atoms with Crippen LogP contribution in [0.1, 0.15) is 4.88 Å². The van der Waals surface area contributed by atoms with Gasteiger partial charge in [0.15, 0.2) is 0 Å². The minimum Gasteiger partial charge on any atom is -0.377 e. The van der Waals surface area contributed by atoms with Crippen LogP contribution < -0.4 is 10.9 Å². The van der Waals surface area contributed by atoms with E-state index in [-0.39, 0.29) is 5.02 Å². The maximum Gasteiger partial charge on any atom is 0.285 e. The molecule has 0 aliphatic heterocycles. The van der Waals surface area contributed by atoms with E-state index in [2.05, 4.69) is 15.5 Å². The van der Waals surface area contributed by atoms with E-state index in [4.69, 9.17) is 23.2 Å². The number of rotatable bonds is 3. The summed E-state index contributed by atoms with van der Waals surface area (Å²) in [4.78, 5) is 12.2. The Hall–Kier alpha value is -1.04. The Morgan fingerprint density at radius 2 is 2.25 bits per heavy atom. The molecule has 0 aliphatic rings. The van der Waals surface area contributed by atoms with E-state index < -0.39 is 5.56 Å². The molecule has 4 nitrogen and oxygen atoms in total. The van der Waals surface area contributed by atoms with Gasteiger partial charge in [-0.05, 0) is 12.1 Å². The Bertz CT molecular complexity index is 552. The fourth-order valence-corrected chi connectivity index (χ4v) is 2.32. The molecule has 2 N–H and O–H groups in total. The van der Waals surface area contributed by atoms with Gasteiger partial charge in [-0.2, -0.15) is 5.10 Å². The summed E-state index contributed by atoms with van der Waals surface area (Å²) >= 11 is 13.1. The summed E-state index contributed by atoms with van der Waals surface area (Å²) in [5.74, 6) is 0. The molecule has 2 aromatic heterocycles. The van der Waals surface area contributed by atoms with Crippen molar-refractivity contribution in [1.29, 1.82) is 0 Å². The lowest BCUT2D eigenvalue weighted by atomic mass is 10.4. The van der Waals surface area contributed by atoms with E-state index in [0.717, 1.165) is 9.21 Å². The van der Waals surface area contributed by atoms with Crippen molar-refractivity contribution in [3.8, 4) is 0 Å². The zero-order chi connectivity index (χ0) is 11.5. The second kappa shape index (κ2) is 4.86. The predicted molar refractivity (Wildman–Crippen MR) is 66.5 cm³/mol. The summed E-state index contributed by atoms with van der Waals surface area (Å²) < 4.78 is 0.729. The standard InChI is InChI=1S/C9H7Cl2N3OS/c10-7-2-1-5(16-7)3-12-6-4-13-14-9(15)8(6)11/h1-2,4H,3H2,(H2,12,14,15). The van der Waals surface area contributed by atoms with Crippen molar-refractivity contribution in [2.24, 2.45) is 0 Å². The molecule has 0 radical (unpaired) electrons. The molecule has 0 spiro atoms. The van der Waals surface area contributed by atoms with Crippen molar-refractivity contribution in [3.63, 3.8) is 0 Å². The number of aromatic nitrogens is 2. The highest BCUT2D eigenvalue weighted by Gasteiger charge is 2.05. The number of nitrogens with one attached hydrogen (secondary N) is 2. The van der Waals surface area contributed by atoms with E-state index >= 15 is 0 Å². The molecule has 2 aromatic rings. The lowest BCUT2D eigenvalue weighted by molar-refractivity contribution is 0.983. The minimum atomic E-state index is -0.407. The quantitative estimate of drug-likeness (QED) is 0.906. The highest BCUT2D eigenvalue weighted by Crippen LogP contribution is 2.23. The Kier molecular flexibility index (Phi) is 3.48. The highest BCUT2D eigenvalue weighted by molar-refractivity contribution is 7.16. The molecule has 0 saturated carbocycles. The molecule has 0 fully saturated rings. The van der Waals surface area contributed by atoms with Crippen molar-refractivity contribution in [3.05, 3.63) is 42.9 Å². The molecule has 0 amide bonds. The fraction of sp³-hybridized carbons (Fsp3) is 0.111. The number of nitrogens with zero attached hydrogens (tertiary/aromatic N) is 1. The second-order valence-electron chi connectivity index (χ2n) is 2.99. The van der Waals surface area contributed by atoms with Crippen LogP contribution in [-0.2, 0) is 6.54 Å². The third-order valence-electron chi connectivity index (χ3n) is 1.88. The van der Waals surface area contributed by atoms with Gasteiger partial charge in [0.2, 0.25) is 0 Å². The Balaban J connectivity index is 2.10. The second-order valence-corrected chi connectivity index (χ2v) is 5.16. The molecule has 0 atom stereocenters. The first kappa shape index (κ1) is 11.4. The maximum atomic E-state index is 11.1. The molecule has 0 saturated heterocycles. The fourth-order valence-electron chi connectivity index (χ4n) is 1.14. The summed E-state index contributed by atoms with van der Waals surface area (Å²) in [5, 5.41) is 9.03. The van der Waals surface area contributed by atoms with Crippen molar-refractivity contribution in [2.45, 2.75) is 6.54 Å². The number of halogens is 2. The lowest BCUT2D eigenvalue weighted by Gasteiger charge is -2.04. The number of aromatic amines is 1. The molecule has 2 heterocycles. The van der Waals surface area contributed by atoms with Gasteiger partial charge >= 0.3 is 0 Å². The molecule has 16 heavy (non-hydrogen) atoms. The van der Waals surface area contributed by atoms with Crippen molar-refractivity contribution < 1.29 is 0 Å². The van der Waals surface area contributed by atoms with Crippen LogP contribution in [0.25, 0.3) is 0 Å². The number of hydrogen-bond donors (Lipinski definition) is 2. The van der Waals surface area contributed by atoms with Gasteiger partial charge in [-0.3, -0.25) is 4.79 Å². The van der Waals surface area contributed by atoms with Crippen LogP contribution in [0.15, 0.2) is 23.1 Å². The normalized spacial score (nSPS) is 10.4. The molecule has 2 rings (SSSR count). The van der Waals surface area contributed by atoms with Crippen molar-refractivity contribution >= 4 is 40.2 Å². The van der Waals surface area contributed by atoms with Crippen LogP contribution in [0, 0.1) is 0 Å². The number of thiophene rings is 1. The van der Waals surface area contributed by atoms with Gasteiger partial charge in [-0.1, -0.05) is 23.2 Å². The molecular formula is C9H7Cl2N3OS. The van der Waals surface area contributed by atoms with Crippen molar-refractivity contribution in [2.75, 3.05) is 5.32 Å².